The topological polar surface area (TPSA) is 68.2 Å². The molecular weight excluding hydrogens is 204 g/mol. The molecule has 1 aromatic heterocycles. The van der Waals surface area contributed by atoms with Gasteiger partial charge in [-0.1, -0.05) is 5.16 Å². The van der Waals surface area contributed by atoms with Crippen LogP contribution in [0, 0.1) is 0 Å². The van der Waals surface area contributed by atoms with Crippen LogP contribution in [-0.2, 0) is 6.42 Å². The van der Waals surface area contributed by atoms with Crippen molar-refractivity contribution in [3.8, 4) is 0 Å². The predicted octanol–water partition coefficient (Wildman–Crippen LogP) is 0.522. The Morgan fingerprint density at radius 3 is 3.25 bits per heavy atom. The summed E-state index contributed by atoms with van der Waals surface area (Å²) < 4.78 is 5.32. The first-order chi connectivity index (χ1) is 7.86. The van der Waals surface area contributed by atoms with Crippen LogP contribution in [0.3, 0.4) is 0 Å². The van der Waals surface area contributed by atoms with E-state index in [2.05, 4.69) is 15.0 Å². The van der Waals surface area contributed by atoms with Crippen LogP contribution >= 0.6 is 0 Å². The predicted molar refractivity (Wildman–Crippen MR) is 59.0 cm³/mol. The molecule has 2 aliphatic heterocycles. The van der Waals surface area contributed by atoms with Gasteiger partial charge >= 0.3 is 0 Å². The molecule has 2 atom stereocenters. The summed E-state index contributed by atoms with van der Waals surface area (Å²) in [5.74, 6) is 2.02. The highest BCUT2D eigenvalue weighted by Gasteiger charge is 2.38. The summed E-state index contributed by atoms with van der Waals surface area (Å²) in [5.41, 5.74) is 5.47. The molecule has 0 saturated carbocycles. The molecule has 0 aromatic carbocycles. The van der Waals surface area contributed by atoms with E-state index in [1.54, 1.807) is 0 Å². The van der Waals surface area contributed by atoms with Crippen molar-refractivity contribution in [1.29, 1.82) is 0 Å². The minimum Gasteiger partial charge on any atom is -0.339 e. The van der Waals surface area contributed by atoms with Crippen molar-refractivity contribution >= 4 is 0 Å². The van der Waals surface area contributed by atoms with Crippen LogP contribution in [0.15, 0.2) is 4.52 Å². The third-order valence-corrected chi connectivity index (χ3v) is 3.71. The number of fused-ring (bicyclic) bond motifs is 1. The molecule has 2 fully saturated rings. The van der Waals surface area contributed by atoms with Crippen LogP contribution in [0.25, 0.3) is 0 Å². The zero-order valence-electron chi connectivity index (χ0n) is 9.43. The molecule has 3 heterocycles. The van der Waals surface area contributed by atoms with Crippen molar-refractivity contribution in [2.75, 3.05) is 19.6 Å². The van der Waals surface area contributed by atoms with E-state index in [-0.39, 0.29) is 0 Å². The van der Waals surface area contributed by atoms with Crippen LogP contribution in [-0.4, -0.2) is 40.7 Å². The summed E-state index contributed by atoms with van der Waals surface area (Å²) in [6.07, 6.45) is 4.58. The Balaban J connectivity index is 1.68. The van der Waals surface area contributed by atoms with Crippen LogP contribution in [0.4, 0.5) is 0 Å². The molecule has 88 valence electrons. The summed E-state index contributed by atoms with van der Waals surface area (Å²) >= 11 is 0. The van der Waals surface area contributed by atoms with Crippen molar-refractivity contribution in [2.45, 2.75) is 37.6 Å². The molecular formula is C11H18N4O. The summed E-state index contributed by atoms with van der Waals surface area (Å²) in [4.78, 5) is 6.98. The molecule has 16 heavy (non-hydrogen) atoms. The highest BCUT2D eigenvalue weighted by molar-refractivity contribution is 5.03. The molecule has 0 bridgehead atoms. The number of hydrogen-bond acceptors (Lipinski definition) is 5. The van der Waals surface area contributed by atoms with Gasteiger partial charge in [0.15, 0.2) is 5.82 Å². The third-order valence-electron chi connectivity index (χ3n) is 3.71. The summed E-state index contributed by atoms with van der Waals surface area (Å²) in [6, 6.07) is 0.759. The van der Waals surface area contributed by atoms with Crippen LogP contribution < -0.4 is 5.73 Å². The molecule has 0 amide bonds. The first-order valence-corrected chi connectivity index (χ1v) is 6.13. The molecule has 2 aliphatic rings. The number of aromatic nitrogens is 2. The van der Waals surface area contributed by atoms with E-state index < -0.39 is 0 Å². The van der Waals surface area contributed by atoms with E-state index in [4.69, 9.17) is 10.3 Å². The molecule has 2 N–H and O–H groups in total. The molecule has 0 aliphatic carbocycles. The summed E-state index contributed by atoms with van der Waals surface area (Å²) in [6.45, 7) is 2.91. The van der Waals surface area contributed by atoms with E-state index in [1.807, 2.05) is 0 Å². The molecule has 0 unspecified atom stereocenters. The Labute approximate surface area is 95.0 Å². The lowest BCUT2D eigenvalue weighted by Gasteiger charge is -2.12. The third kappa shape index (κ3) is 1.74. The van der Waals surface area contributed by atoms with Gasteiger partial charge in [0, 0.05) is 19.0 Å². The van der Waals surface area contributed by atoms with Crippen molar-refractivity contribution in [2.24, 2.45) is 5.73 Å². The smallest absolute Gasteiger partial charge is 0.231 e. The van der Waals surface area contributed by atoms with Gasteiger partial charge in [-0.15, -0.1) is 0 Å². The average Bonchev–Trinajstić information content (AvgIpc) is 2.88. The maximum atomic E-state index is 5.47. The standard InChI is InChI=1S/C11H18N4O/c12-4-3-10-13-11(16-14-10)8-6-9-2-1-5-15(9)7-8/h8-9H,1-7,12H2/t8-,9+/m1/s1. The summed E-state index contributed by atoms with van der Waals surface area (Å²) in [5, 5.41) is 3.96. The lowest BCUT2D eigenvalue weighted by Crippen LogP contribution is -2.22. The van der Waals surface area contributed by atoms with Gasteiger partial charge in [-0.2, -0.15) is 4.98 Å². The molecule has 0 radical (unpaired) electrons. The Morgan fingerprint density at radius 1 is 1.50 bits per heavy atom. The number of nitrogens with two attached hydrogens (primary N) is 1. The number of nitrogens with zero attached hydrogens (tertiary/aromatic N) is 3. The lowest BCUT2D eigenvalue weighted by molar-refractivity contribution is 0.312. The first kappa shape index (κ1) is 10.2. The van der Waals surface area contributed by atoms with Gasteiger partial charge in [-0.05, 0) is 32.4 Å². The lowest BCUT2D eigenvalue weighted by atomic mass is 10.0. The highest BCUT2D eigenvalue weighted by atomic mass is 16.5. The fraction of sp³-hybridized carbons (Fsp3) is 0.818. The van der Waals surface area contributed by atoms with Gasteiger partial charge in [0.1, 0.15) is 0 Å². The number of hydrogen-bond donors (Lipinski definition) is 1. The Kier molecular flexibility index (Phi) is 2.65. The fourth-order valence-electron chi connectivity index (χ4n) is 2.93. The maximum absolute atomic E-state index is 5.47. The minimum absolute atomic E-state index is 0.448. The van der Waals surface area contributed by atoms with E-state index in [0.717, 1.165) is 24.3 Å². The zero-order chi connectivity index (χ0) is 11.0. The van der Waals surface area contributed by atoms with Gasteiger partial charge < -0.3 is 10.3 Å². The Bertz CT molecular complexity index is 353. The van der Waals surface area contributed by atoms with E-state index in [0.29, 0.717) is 18.9 Å². The minimum atomic E-state index is 0.448. The van der Waals surface area contributed by atoms with E-state index in [9.17, 15) is 0 Å². The average molecular weight is 222 g/mol. The normalized spacial score (nSPS) is 29.8. The van der Waals surface area contributed by atoms with Gasteiger partial charge in [-0.3, -0.25) is 4.90 Å². The highest BCUT2D eigenvalue weighted by Crippen LogP contribution is 2.36. The van der Waals surface area contributed by atoms with Gasteiger partial charge in [0.25, 0.3) is 0 Å². The van der Waals surface area contributed by atoms with Crippen LogP contribution in [0.5, 0.6) is 0 Å². The zero-order valence-corrected chi connectivity index (χ0v) is 9.43. The monoisotopic (exact) mass is 222 g/mol. The van der Waals surface area contributed by atoms with Gasteiger partial charge in [0.05, 0.1) is 5.92 Å². The van der Waals surface area contributed by atoms with Crippen molar-refractivity contribution < 1.29 is 4.52 Å². The second kappa shape index (κ2) is 4.14. The largest absolute Gasteiger partial charge is 0.339 e. The van der Waals surface area contributed by atoms with Crippen molar-refractivity contribution in [3.63, 3.8) is 0 Å². The van der Waals surface area contributed by atoms with Gasteiger partial charge in [0.2, 0.25) is 5.89 Å². The molecule has 2 saturated heterocycles. The quantitative estimate of drug-likeness (QED) is 0.807. The van der Waals surface area contributed by atoms with Crippen LogP contribution in [0.1, 0.15) is 36.9 Å². The molecule has 5 heteroatoms. The van der Waals surface area contributed by atoms with E-state index >= 15 is 0 Å². The Morgan fingerprint density at radius 2 is 2.44 bits per heavy atom. The van der Waals surface area contributed by atoms with Crippen molar-refractivity contribution in [1.82, 2.24) is 15.0 Å². The van der Waals surface area contributed by atoms with E-state index in [1.165, 1.54) is 25.8 Å². The number of rotatable bonds is 3. The van der Waals surface area contributed by atoms with Gasteiger partial charge in [-0.25, -0.2) is 0 Å². The Hall–Kier alpha value is -0.940. The SMILES string of the molecule is NCCc1noc([C@@H]2C[C@@H]3CCCN3C2)n1. The fourth-order valence-corrected chi connectivity index (χ4v) is 2.93. The van der Waals surface area contributed by atoms with Crippen molar-refractivity contribution in [3.05, 3.63) is 11.7 Å². The molecule has 5 nitrogen and oxygen atoms in total. The second-order valence-electron chi connectivity index (χ2n) is 4.81. The second-order valence-corrected chi connectivity index (χ2v) is 4.81. The molecule has 0 spiro atoms. The molecule has 1 aromatic rings. The first-order valence-electron chi connectivity index (χ1n) is 6.13. The molecule has 3 rings (SSSR count). The van der Waals surface area contributed by atoms with Crippen LogP contribution in [0.2, 0.25) is 0 Å². The summed E-state index contributed by atoms with van der Waals surface area (Å²) in [7, 11) is 0. The maximum Gasteiger partial charge on any atom is 0.231 e.